The van der Waals surface area contributed by atoms with Crippen LogP contribution in [0.1, 0.15) is 18.9 Å². The molecule has 0 spiro atoms. The first-order valence-corrected chi connectivity index (χ1v) is 9.72. The van der Waals surface area contributed by atoms with Crippen LogP contribution in [0, 0.1) is 5.92 Å². The Morgan fingerprint density at radius 3 is 2.83 bits per heavy atom. The molecule has 2 aliphatic rings. The molecule has 29 heavy (non-hydrogen) atoms. The van der Waals surface area contributed by atoms with Crippen molar-refractivity contribution >= 4 is 17.5 Å². The fourth-order valence-corrected chi connectivity index (χ4v) is 3.77. The minimum atomic E-state index is -0.379. The molecule has 0 unspecified atom stereocenters. The van der Waals surface area contributed by atoms with Crippen molar-refractivity contribution < 1.29 is 23.8 Å². The van der Waals surface area contributed by atoms with Gasteiger partial charge in [-0.05, 0) is 36.8 Å². The zero-order chi connectivity index (χ0) is 20.4. The quantitative estimate of drug-likeness (QED) is 0.751. The van der Waals surface area contributed by atoms with Crippen LogP contribution in [0.5, 0.6) is 17.2 Å². The maximum absolute atomic E-state index is 13.0. The fraction of sp³-hybridized carbons (Fsp3) is 0.364. The van der Waals surface area contributed by atoms with Crippen LogP contribution in [-0.2, 0) is 16.1 Å². The standard InChI is InChI=1S/C22H24N2O5/c1-3-27-18-7-5-4-6-17(18)24-13-16(11-21(24)25)22(26)23(2)12-15-8-9-19-20(10-15)29-14-28-19/h4-10,16H,3,11-14H2,1-2H3/t16-/m1/s1. The smallest absolute Gasteiger partial charge is 0.231 e. The molecule has 2 amide bonds. The number of amides is 2. The van der Waals surface area contributed by atoms with Gasteiger partial charge in [-0.25, -0.2) is 0 Å². The van der Waals surface area contributed by atoms with Gasteiger partial charge in [0.1, 0.15) is 5.75 Å². The normalized spacial score (nSPS) is 17.5. The van der Waals surface area contributed by atoms with Gasteiger partial charge in [-0.1, -0.05) is 18.2 Å². The summed E-state index contributed by atoms with van der Waals surface area (Å²) in [5.74, 6) is 1.58. The zero-order valence-electron chi connectivity index (χ0n) is 16.6. The highest BCUT2D eigenvalue weighted by atomic mass is 16.7. The lowest BCUT2D eigenvalue weighted by Crippen LogP contribution is -2.34. The van der Waals surface area contributed by atoms with E-state index in [0.29, 0.717) is 42.6 Å². The molecule has 7 heteroatoms. The summed E-state index contributed by atoms with van der Waals surface area (Å²) >= 11 is 0. The number of carbonyl (C=O) groups excluding carboxylic acids is 2. The lowest BCUT2D eigenvalue weighted by Gasteiger charge is -2.22. The molecule has 0 radical (unpaired) electrons. The van der Waals surface area contributed by atoms with Crippen molar-refractivity contribution in [2.45, 2.75) is 19.9 Å². The van der Waals surface area contributed by atoms with Crippen LogP contribution in [0.15, 0.2) is 42.5 Å². The predicted octanol–water partition coefficient (Wildman–Crippen LogP) is 2.83. The Morgan fingerprint density at radius 1 is 1.21 bits per heavy atom. The molecule has 2 aliphatic heterocycles. The molecule has 1 saturated heterocycles. The minimum Gasteiger partial charge on any atom is -0.492 e. The number of fused-ring (bicyclic) bond motifs is 1. The van der Waals surface area contributed by atoms with E-state index in [1.807, 2.05) is 49.4 Å². The summed E-state index contributed by atoms with van der Waals surface area (Å²) in [7, 11) is 1.76. The molecule has 2 heterocycles. The van der Waals surface area contributed by atoms with E-state index in [1.54, 1.807) is 16.8 Å². The van der Waals surface area contributed by atoms with Gasteiger partial charge in [0.25, 0.3) is 0 Å². The molecule has 7 nitrogen and oxygen atoms in total. The van der Waals surface area contributed by atoms with Gasteiger partial charge >= 0.3 is 0 Å². The van der Waals surface area contributed by atoms with Crippen molar-refractivity contribution in [3.05, 3.63) is 48.0 Å². The van der Waals surface area contributed by atoms with Crippen LogP contribution in [0.3, 0.4) is 0 Å². The largest absolute Gasteiger partial charge is 0.492 e. The van der Waals surface area contributed by atoms with E-state index in [1.165, 1.54) is 0 Å². The minimum absolute atomic E-state index is 0.0487. The van der Waals surface area contributed by atoms with Gasteiger partial charge in [0, 0.05) is 26.6 Å². The highest BCUT2D eigenvalue weighted by Gasteiger charge is 2.37. The van der Waals surface area contributed by atoms with Gasteiger partial charge in [-0.15, -0.1) is 0 Å². The average Bonchev–Trinajstić information content (AvgIpc) is 3.34. The highest BCUT2D eigenvalue weighted by molar-refractivity contribution is 6.01. The summed E-state index contributed by atoms with van der Waals surface area (Å²) in [6.07, 6.45) is 0.199. The summed E-state index contributed by atoms with van der Waals surface area (Å²) in [4.78, 5) is 28.9. The van der Waals surface area contributed by atoms with E-state index in [9.17, 15) is 9.59 Å². The van der Waals surface area contributed by atoms with E-state index in [4.69, 9.17) is 14.2 Å². The monoisotopic (exact) mass is 396 g/mol. The molecule has 2 aromatic rings. The maximum atomic E-state index is 13.0. The van der Waals surface area contributed by atoms with Crippen molar-refractivity contribution in [3.8, 4) is 17.2 Å². The third-order valence-electron chi connectivity index (χ3n) is 5.16. The molecule has 4 rings (SSSR count). The van der Waals surface area contributed by atoms with E-state index >= 15 is 0 Å². The first kappa shape index (κ1) is 19.1. The van der Waals surface area contributed by atoms with Crippen LogP contribution in [0.2, 0.25) is 0 Å². The van der Waals surface area contributed by atoms with Crippen LogP contribution >= 0.6 is 0 Å². The molecule has 0 saturated carbocycles. The van der Waals surface area contributed by atoms with Crippen LogP contribution in [0.4, 0.5) is 5.69 Å². The summed E-state index contributed by atoms with van der Waals surface area (Å²) in [5, 5.41) is 0. The van der Waals surface area contributed by atoms with Crippen LogP contribution in [-0.4, -0.2) is 43.7 Å². The molecule has 0 bridgehead atoms. The Morgan fingerprint density at radius 2 is 2.00 bits per heavy atom. The second-order valence-electron chi connectivity index (χ2n) is 7.19. The molecular weight excluding hydrogens is 372 g/mol. The first-order valence-electron chi connectivity index (χ1n) is 9.72. The van der Waals surface area contributed by atoms with Gasteiger partial charge in [-0.3, -0.25) is 9.59 Å². The number of para-hydroxylation sites is 2. The summed E-state index contributed by atoms with van der Waals surface area (Å²) in [5.41, 5.74) is 1.67. The second kappa shape index (κ2) is 8.03. The first-order chi connectivity index (χ1) is 14.1. The second-order valence-corrected chi connectivity index (χ2v) is 7.19. The Bertz CT molecular complexity index is 929. The number of hydrogen-bond acceptors (Lipinski definition) is 5. The SMILES string of the molecule is CCOc1ccccc1N1C[C@H](C(=O)N(C)Cc2ccc3c(c2)OCO3)CC1=O. The summed E-state index contributed by atoms with van der Waals surface area (Å²) < 4.78 is 16.4. The number of rotatable bonds is 6. The van der Waals surface area contributed by atoms with E-state index < -0.39 is 0 Å². The predicted molar refractivity (Wildman–Crippen MR) is 107 cm³/mol. The van der Waals surface area contributed by atoms with Crippen LogP contribution < -0.4 is 19.1 Å². The number of benzene rings is 2. The highest BCUT2D eigenvalue weighted by Crippen LogP contribution is 2.35. The average molecular weight is 396 g/mol. The van der Waals surface area contributed by atoms with Gasteiger partial charge in [-0.2, -0.15) is 0 Å². The number of hydrogen-bond donors (Lipinski definition) is 0. The molecule has 152 valence electrons. The van der Waals surface area contributed by atoms with E-state index in [0.717, 1.165) is 5.56 Å². The summed E-state index contributed by atoms with van der Waals surface area (Å²) in [6, 6.07) is 13.1. The van der Waals surface area contributed by atoms with E-state index in [2.05, 4.69) is 0 Å². The third kappa shape index (κ3) is 3.85. The number of nitrogens with zero attached hydrogens (tertiary/aromatic N) is 2. The van der Waals surface area contributed by atoms with Crippen LogP contribution in [0.25, 0.3) is 0 Å². The lowest BCUT2D eigenvalue weighted by atomic mass is 10.1. The zero-order valence-corrected chi connectivity index (χ0v) is 16.6. The maximum Gasteiger partial charge on any atom is 0.231 e. The van der Waals surface area contributed by atoms with Crippen molar-refractivity contribution in [2.24, 2.45) is 5.92 Å². The molecule has 1 atom stereocenters. The Kier molecular flexibility index (Phi) is 5.29. The van der Waals surface area contributed by atoms with Crippen molar-refractivity contribution in [1.82, 2.24) is 4.90 Å². The number of ether oxygens (including phenoxy) is 3. The molecule has 1 fully saturated rings. The number of anilines is 1. The molecule has 0 aromatic heterocycles. The van der Waals surface area contributed by atoms with Gasteiger partial charge in [0.15, 0.2) is 11.5 Å². The molecule has 0 aliphatic carbocycles. The fourth-order valence-electron chi connectivity index (χ4n) is 3.77. The van der Waals surface area contributed by atoms with Gasteiger partial charge < -0.3 is 24.0 Å². The topological polar surface area (TPSA) is 68.3 Å². The lowest BCUT2D eigenvalue weighted by molar-refractivity contribution is -0.135. The molecular formula is C22H24N2O5. The van der Waals surface area contributed by atoms with Crippen molar-refractivity contribution in [1.29, 1.82) is 0 Å². The van der Waals surface area contributed by atoms with E-state index in [-0.39, 0.29) is 30.9 Å². The third-order valence-corrected chi connectivity index (χ3v) is 5.16. The Labute approximate surface area is 169 Å². The van der Waals surface area contributed by atoms with Crippen molar-refractivity contribution in [2.75, 3.05) is 31.9 Å². The Hall–Kier alpha value is -3.22. The summed E-state index contributed by atoms with van der Waals surface area (Å²) in [6.45, 7) is 3.43. The van der Waals surface area contributed by atoms with Gasteiger partial charge in [0.2, 0.25) is 18.6 Å². The molecule has 0 N–H and O–H groups in total. The van der Waals surface area contributed by atoms with Crippen molar-refractivity contribution in [3.63, 3.8) is 0 Å². The van der Waals surface area contributed by atoms with Gasteiger partial charge in [0.05, 0.1) is 18.2 Å². The number of carbonyl (C=O) groups is 2. The molecule has 2 aromatic carbocycles. The Balaban J connectivity index is 1.44.